The first-order valence-corrected chi connectivity index (χ1v) is 14.7. The second kappa shape index (κ2) is 11.7. The van der Waals surface area contributed by atoms with Crippen molar-refractivity contribution in [3.63, 3.8) is 0 Å². The second-order valence-corrected chi connectivity index (χ2v) is 12.1. The molecule has 236 valence electrons. The molecule has 0 unspecified atom stereocenters. The average molecular weight is 621 g/mol. The van der Waals surface area contributed by atoms with E-state index >= 15 is 0 Å². The lowest BCUT2D eigenvalue weighted by Crippen LogP contribution is -2.68. The SMILES string of the molecule is COc1cc(C(F)(F)F)ccc1NCC#Cc1cc2c(NC3CCC(N4CC5(COC5)C4)CC3)cccc2n1CC(F)(F)F. The Balaban J connectivity index is 1.15. The van der Waals surface area contributed by atoms with Crippen LogP contribution in [0.5, 0.6) is 5.75 Å². The third-order valence-electron chi connectivity index (χ3n) is 8.86. The number of nitrogens with one attached hydrogen (secondary N) is 2. The number of benzene rings is 2. The highest BCUT2D eigenvalue weighted by Gasteiger charge is 2.50. The molecule has 0 amide bonds. The van der Waals surface area contributed by atoms with Crippen LogP contribution in [0.2, 0.25) is 0 Å². The predicted octanol–water partition coefficient (Wildman–Crippen LogP) is 6.75. The Labute approximate surface area is 251 Å². The summed E-state index contributed by atoms with van der Waals surface area (Å²) in [5.74, 6) is 5.63. The number of fused-ring (bicyclic) bond motifs is 1. The summed E-state index contributed by atoms with van der Waals surface area (Å²) in [5.41, 5.74) is 1.22. The van der Waals surface area contributed by atoms with Gasteiger partial charge in [0.15, 0.2) is 0 Å². The molecule has 0 bridgehead atoms. The summed E-state index contributed by atoms with van der Waals surface area (Å²) in [4.78, 5) is 2.56. The summed E-state index contributed by atoms with van der Waals surface area (Å²) >= 11 is 0. The third-order valence-corrected chi connectivity index (χ3v) is 8.86. The van der Waals surface area contributed by atoms with Gasteiger partial charge in [0, 0.05) is 41.7 Å². The molecule has 6 rings (SSSR count). The molecule has 1 aliphatic carbocycles. The van der Waals surface area contributed by atoms with Gasteiger partial charge in [-0.1, -0.05) is 12.0 Å². The van der Waals surface area contributed by atoms with Crippen molar-refractivity contribution in [2.45, 2.75) is 56.7 Å². The quantitative estimate of drug-likeness (QED) is 0.226. The summed E-state index contributed by atoms with van der Waals surface area (Å²) in [5, 5.41) is 7.14. The second-order valence-electron chi connectivity index (χ2n) is 12.1. The molecule has 3 aromatic rings. The van der Waals surface area contributed by atoms with Crippen LogP contribution >= 0.6 is 0 Å². The van der Waals surface area contributed by atoms with Crippen LogP contribution in [0.15, 0.2) is 42.5 Å². The van der Waals surface area contributed by atoms with E-state index in [9.17, 15) is 26.3 Å². The van der Waals surface area contributed by atoms with Crippen LogP contribution in [0.25, 0.3) is 10.9 Å². The molecule has 2 aliphatic heterocycles. The van der Waals surface area contributed by atoms with Crippen molar-refractivity contribution >= 4 is 22.3 Å². The Kier molecular flexibility index (Phi) is 8.13. The monoisotopic (exact) mass is 620 g/mol. The number of nitrogens with zero attached hydrogens (tertiary/aromatic N) is 2. The lowest BCUT2D eigenvalue weighted by Gasteiger charge is -2.58. The molecule has 3 aliphatic rings. The molecule has 2 saturated heterocycles. The van der Waals surface area contributed by atoms with E-state index in [1.165, 1.54) is 13.2 Å². The molecule has 1 saturated carbocycles. The molecule has 3 heterocycles. The maximum Gasteiger partial charge on any atom is 0.416 e. The largest absolute Gasteiger partial charge is 0.495 e. The van der Waals surface area contributed by atoms with E-state index in [1.807, 2.05) is 6.07 Å². The van der Waals surface area contributed by atoms with Crippen LogP contribution in [0.1, 0.15) is 36.9 Å². The van der Waals surface area contributed by atoms with Gasteiger partial charge in [0.1, 0.15) is 12.3 Å². The van der Waals surface area contributed by atoms with Crippen LogP contribution < -0.4 is 15.4 Å². The highest BCUT2D eigenvalue weighted by atomic mass is 19.4. The molecule has 3 fully saturated rings. The van der Waals surface area contributed by atoms with Gasteiger partial charge in [-0.25, -0.2) is 0 Å². The van der Waals surface area contributed by atoms with Crippen molar-refractivity contribution in [2.75, 3.05) is 50.6 Å². The summed E-state index contributed by atoms with van der Waals surface area (Å²) in [6.07, 6.45) is -4.86. The van der Waals surface area contributed by atoms with E-state index < -0.39 is 24.5 Å². The van der Waals surface area contributed by atoms with Crippen LogP contribution in [0.4, 0.5) is 37.7 Å². The number of rotatable bonds is 7. The van der Waals surface area contributed by atoms with Crippen LogP contribution in [-0.4, -0.2) is 67.7 Å². The fourth-order valence-corrected chi connectivity index (χ4v) is 6.60. The minimum Gasteiger partial charge on any atom is -0.495 e. The number of hydrogen-bond acceptors (Lipinski definition) is 5. The van der Waals surface area contributed by atoms with Gasteiger partial charge in [0.05, 0.1) is 49.3 Å². The van der Waals surface area contributed by atoms with Gasteiger partial charge >= 0.3 is 12.4 Å². The van der Waals surface area contributed by atoms with Gasteiger partial charge in [-0.15, -0.1) is 0 Å². The van der Waals surface area contributed by atoms with Crippen molar-refractivity contribution < 1.29 is 35.8 Å². The number of ether oxygens (including phenoxy) is 2. The number of methoxy groups -OCH3 is 1. The Morgan fingerprint density at radius 2 is 1.73 bits per heavy atom. The predicted molar refractivity (Wildman–Crippen MR) is 156 cm³/mol. The van der Waals surface area contributed by atoms with Gasteiger partial charge < -0.3 is 24.7 Å². The Bertz CT molecular complexity index is 1550. The lowest BCUT2D eigenvalue weighted by molar-refractivity contribution is -0.200. The van der Waals surface area contributed by atoms with Gasteiger partial charge in [0.2, 0.25) is 0 Å². The van der Waals surface area contributed by atoms with Crippen LogP contribution in [-0.2, 0) is 17.5 Å². The Hall–Kier alpha value is -3.56. The highest BCUT2D eigenvalue weighted by Crippen LogP contribution is 2.41. The number of alkyl halides is 6. The Morgan fingerprint density at radius 1 is 0.977 bits per heavy atom. The molecule has 1 spiro atoms. The molecular formula is C32H34F6N4O2. The normalized spacial score (nSPS) is 21.7. The van der Waals surface area contributed by atoms with Crippen molar-refractivity contribution in [3.8, 4) is 17.6 Å². The molecule has 2 N–H and O–H groups in total. The summed E-state index contributed by atoms with van der Waals surface area (Å²) in [6.45, 7) is 2.74. The number of hydrogen-bond donors (Lipinski definition) is 2. The summed E-state index contributed by atoms with van der Waals surface area (Å²) in [7, 11) is 1.26. The van der Waals surface area contributed by atoms with E-state index in [0.29, 0.717) is 22.4 Å². The van der Waals surface area contributed by atoms with Crippen molar-refractivity contribution in [3.05, 3.63) is 53.7 Å². The molecule has 44 heavy (non-hydrogen) atoms. The minimum absolute atomic E-state index is 0.0145. The molecule has 2 aromatic carbocycles. The molecule has 1 aromatic heterocycles. The van der Waals surface area contributed by atoms with E-state index in [1.54, 1.807) is 18.2 Å². The number of likely N-dealkylation sites (tertiary alicyclic amines) is 1. The van der Waals surface area contributed by atoms with Gasteiger partial charge in [-0.3, -0.25) is 4.90 Å². The summed E-state index contributed by atoms with van der Waals surface area (Å²) in [6, 6.07) is 10.8. The maximum absolute atomic E-state index is 13.6. The van der Waals surface area contributed by atoms with Crippen molar-refractivity contribution in [2.24, 2.45) is 5.41 Å². The van der Waals surface area contributed by atoms with E-state index in [0.717, 1.165) is 74.4 Å². The van der Waals surface area contributed by atoms with Crippen LogP contribution in [0, 0.1) is 17.3 Å². The zero-order chi connectivity index (χ0) is 31.1. The Morgan fingerprint density at radius 3 is 2.36 bits per heavy atom. The number of halogens is 6. The fourth-order valence-electron chi connectivity index (χ4n) is 6.60. The topological polar surface area (TPSA) is 50.7 Å². The zero-order valence-electron chi connectivity index (χ0n) is 24.2. The number of anilines is 2. The van der Waals surface area contributed by atoms with Crippen LogP contribution in [0.3, 0.4) is 0 Å². The molecule has 12 heteroatoms. The van der Waals surface area contributed by atoms with E-state index in [2.05, 4.69) is 27.4 Å². The van der Waals surface area contributed by atoms with Gasteiger partial charge in [0.25, 0.3) is 0 Å². The minimum atomic E-state index is -4.52. The fraction of sp³-hybridized carbons (Fsp3) is 0.500. The van der Waals surface area contributed by atoms with Crippen molar-refractivity contribution in [1.29, 1.82) is 0 Å². The highest BCUT2D eigenvalue weighted by molar-refractivity contribution is 5.94. The zero-order valence-corrected chi connectivity index (χ0v) is 24.2. The van der Waals surface area contributed by atoms with Gasteiger partial charge in [-0.05, 0) is 68.0 Å². The lowest BCUT2D eigenvalue weighted by atomic mass is 9.75. The molecule has 0 atom stereocenters. The van der Waals surface area contributed by atoms with Gasteiger partial charge in [-0.2, -0.15) is 26.3 Å². The standard InChI is InChI=1S/C32H34F6N4O2/c1-43-29-14-21(32(36,37)38)7-12-27(29)39-13-3-4-24-15-25-26(5-2-6-28(25)42(24)18-31(33,34)35)40-22-8-10-23(11-9-22)41-16-30(17-41)19-44-20-30/h2,5-7,12,14-15,22-23,39-40H,8-11,13,16-20H2,1H3. The average Bonchev–Trinajstić information content (AvgIpc) is 3.26. The third kappa shape index (κ3) is 6.44. The number of aromatic nitrogens is 1. The first-order chi connectivity index (χ1) is 20.9. The van der Waals surface area contributed by atoms with E-state index in [4.69, 9.17) is 9.47 Å². The smallest absolute Gasteiger partial charge is 0.416 e. The molecule has 6 nitrogen and oxygen atoms in total. The first-order valence-electron chi connectivity index (χ1n) is 14.7. The van der Waals surface area contributed by atoms with Crippen molar-refractivity contribution in [1.82, 2.24) is 9.47 Å². The molecular weight excluding hydrogens is 586 g/mol. The maximum atomic E-state index is 13.6. The van der Waals surface area contributed by atoms with E-state index in [-0.39, 0.29) is 29.7 Å². The first kappa shape index (κ1) is 30.5. The summed E-state index contributed by atoms with van der Waals surface area (Å²) < 4.78 is 91.6. The molecule has 0 radical (unpaired) electrons.